The number of pyridine rings is 1. The quantitative estimate of drug-likeness (QED) is 0.617. The molecule has 0 fully saturated rings. The number of thiazole rings is 1. The van der Waals surface area contributed by atoms with E-state index in [2.05, 4.69) is 25.9 Å². The third-order valence-electron chi connectivity index (χ3n) is 2.45. The van der Waals surface area contributed by atoms with Crippen molar-refractivity contribution < 1.29 is 14.8 Å². The van der Waals surface area contributed by atoms with Crippen LogP contribution in [0.15, 0.2) is 25.4 Å². The summed E-state index contributed by atoms with van der Waals surface area (Å²) in [7, 11) is 0. The summed E-state index contributed by atoms with van der Waals surface area (Å²) in [5.41, 5.74) is 0.904. The number of carbonyl (C=O) groups is 1. The highest BCUT2D eigenvalue weighted by molar-refractivity contribution is 9.10. The highest BCUT2D eigenvalue weighted by Crippen LogP contribution is 2.37. The van der Waals surface area contributed by atoms with Gasteiger partial charge in [0.05, 0.1) is 21.5 Å². The molecule has 0 saturated carbocycles. The van der Waals surface area contributed by atoms with Crippen molar-refractivity contribution in [3.05, 3.63) is 37.4 Å². The van der Waals surface area contributed by atoms with Gasteiger partial charge >= 0.3 is 5.97 Å². The van der Waals surface area contributed by atoms with Crippen LogP contribution in [-0.4, -0.2) is 26.0 Å². The van der Waals surface area contributed by atoms with Crippen molar-refractivity contribution in [3.63, 3.8) is 0 Å². The second-order valence-electron chi connectivity index (χ2n) is 3.92. The Hall–Kier alpha value is -1.52. The molecule has 0 aliphatic rings. The Morgan fingerprint density at radius 2 is 2.33 bits per heavy atom. The van der Waals surface area contributed by atoms with Crippen molar-refractivity contribution in [3.8, 4) is 0 Å². The number of carboxylic acid groups (broad SMARTS) is 1. The molecule has 110 valence electrons. The van der Waals surface area contributed by atoms with Crippen LogP contribution in [0, 0.1) is 17.0 Å². The predicted molar refractivity (Wildman–Crippen MR) is 80.9 cm³/mol. The molecule has 0 aliphatic carbocycles. The number of aromatic nitrogens is 2. The lowest BCUT2D eigenvalue weighted by Gasteiger charge is -2.04. The molecule has 0 unspecified atom stereocenters. The van der Waals surface area contributed by atoms with Crippen LogP contribution in [0.3, 0.4) is 0 Å². The number of nitrogens with zero attached hydrogens (tertiary/aromatic N) is 3. The van der Waals surface area contributed by atoms with E-state index in [-0.39, 0.29) is 12.1 Å². The topological polar surface area (TPSA) is 106 Å². The van der Waals surface area contributed by atoms with Crippen LogP contribution in [0.4, 0.5) is 5.69 Å². The van der Waals surface area contributed by atoms with Crippen LogP contribution < -0.4 is 0 Å². The van der Waals surface area contributed by atoms with E-state index in [1.165, 1.54) is 29.3 Å². The molecule has 0 bridgehead atoms. The van der Waals surface area contributed by atoms with Gasteiger partial charge in [-0.1, -0.05) is 0 Å². The van der Waals surface area contributed by atoms with Gasteiger partial charge in [-0.05, 0) is 34.6 Å². The minimum Gasteiger partial charge on any atom is -0.481 e. The maximum absolute atomic E-state index is 10.8. The molecule has 0 saturated heterocycles. The van der Waals surface area contributed by atoms with Crippen LogP contribution in [0.25, 0.3) is 0 Å². The molecule has 0 aromatic carbocycles. The molecule has 1 N–H and O–H groups in total. The standard InChI is InChI=1S/C11H8BrN3O4S2/c1-5-7(15(18)19)3-13-10(9(5)12)21-11-14-6(4-20-11)2-8(16)17/h3-4H,2H2,1H3,(H,16,17). The van der Waals surface area contributed by atoms with Gasteiger partial charge in [-0.15, -0.1) is 11.3 Å². The molecular formula is C11H8BrN3O4S2. The van der Waals surface area contributed by atoms with E-state index in [0.717, 1.165) is 0 Å². The van der Waals surface area contributed by atoms with E-state index in [1.54, 1.807) is 12.3 Å². The first-order valence-corrected chi connectivity index (χ1v) is 8.01. The summed E-state index contributed by atoms with van der Waals surface area (Å²) in [6.45, 7) is 1.63. The first-order valence-electron chi connectivity index (χ1n) is 5.52. The van der Waals surface area contributed by atoms with Gasteiger partial charge in [0.15, 0.2) is 4.34 Å². The van der Waals surface area contributed by atoms with Gasteiger partial charge in [-0.2, -0.15) is 0 Å². The summed E-state index contributed by atoms with van der Waals surface area (Å²) in [5.74, 6) is -0.942. The highest BCUT2D eigenvalue weighted by Gasteiger charge is 2.18. The Labute approximate surface area is 135 Å². The monoisotopic (exact) mass is 389 g/mol. The Bertz CT molecular complexity index is 719. The number of hydrogen-bond donors (Lipinski definition) is 1. The smallest absolute Gasteiger partial charge is 0.309 e. The summed E-state index contributed by atoms with van der Waals surface area (Å²) in [6, 6.07) is 0. The Morgan fingerprint density at radius 1 is 1.62 bits per heavy atom. The zero-order chi connectivity index (χ0) is 15.6. The summed E-state index contributed by atoms with van der Waals surface area (Å²) in [5, 5.41) is 21.7. The fourth-order valence-corrected chi connectivity index (χ4v) is 3.80. The van der Waals surface area contributed by atoms with Crippen LogP contribution in [0.2, 0.25) is 0 Å². The van der Waals surface area contributed by atoms with E-state index < -0.39 is 10.9 Å². The summed E-state index contributed by atoms with van der Waals surface area (Å²) >= 11 is 5.83. The number of halogens is 1. The third-order valence-corrected chi connectivity index (χ3v) is 5.67. The fourth-order valence-electron chi connectivity index (χ4n) is 1.46. The lowest BCUT2D eigenvalue weighted by atomic mass is 10.3. The van der Waals surface area contributed by atoms with Gasteiger partial charge in [0, 0.05) is 10.9 Å². The largest absolute Gasteiger partial charge is 0.481 e. The fraction of sp³-hybridized carbons (Fsp3) is 0.182. The van der Waals surface area contributed by atoms with E-state index in [4.69, 9.17) is 5.11 Å². The lowest BCUT2D eigenvalue weighted by Crippen LogP contribution is -1.99. The maximum Gasteiger partial charge on any atom is 0.309 e. The lowest BCUT2D eigenvalue weighted by molar-refractivity contribution is -0.385. The van der Waals surface area contributed by atoms with Gasteiger partial charge in [-0.25, -0.2) is 9.97 Å². The number of carboxylic acids is 1. The van der Waals surface area contributed by atoms with Crippen molar-refractivity contribution in [1.82, 2.24) is 9.97 Å². The van der Waals surface area contributed by atoms with Crippen LogP contribution in [0.1, 0.15) is 11.3 Å². The highest BCUT2D eigenvalue weighted by atomic mass is 79.9. The van der Waals surface area contributed by atoms with Gasteiger partial charge in [-0.3, -0.25) is 14.9 Å². The van der Waals surface area contributed by atoms with Crippen molar-refractivity contribution in [2.45, 2.75) is 22.7 Å². The molecule has 21 heavy (non-hydrogen) atoms. The molecule has 2 rings (SSSR count). The SMILES string of the molecule is Cc1c([N+](=O)[O-])cnc(Sc2nc(CC(=O)O)cs2)c1Br. The average molecular weight is 390 g/mol. The third kappa shape index (κ3) is 3.77. The number of rotatable bonds is 5. The second kappa shape index (κ2) is 6.50. The molecule has 7 nitrogen and oxygen atoms in total. The molecule has 0 spiro atoms. The van der Waals surface area contributed by atoms with Crippen LogP contribution in [-0.2, 0) is 11.2 Å². The molecule has 0 aliphatic heterocycles. The van der Waals surface area contributed by atoms with E-state index in [9.17, 15) is 14.9 Å². The zero-order valence-electron chi connectivity index (χ0n) is 10.6. The molecule has 10 heteroatoms. The van der Waals surface area contributed by atoms with E-state index in [1.807, 2.05) is 0 Å². The van der Waals surface area contributed by atoms with Crippen LogP contribution in [0.5, 0.6) is 0 Å². The Balaban J connectivity index is 2.24. The first-order chi connectivity index (χ1) is 9.88. The van der Waals surface area contributed by atoms with Gasteiger partial charge in [0.1, 0.15) is 11.2 Å². The number of aliphatic carboxylic acids is 1. The number of nitro groups is 1. The molecule has 2 aromatic rings. The normalized spacial score (nSPS) is 10.6. The molecule has 0 amide bonds. The molecule has 2 aromatic heterocycles. The van der Waals surface area contributed by atoms with Gasteiger partial charge in [0.2, 0.25) is 0 Å². The number of hydrogen-bond acceptors (Lipinski definition) is 7. The minimum absolute atomic E-state index is 0.0584. The average Bonchev–Trinajstić information content (AvgIpc) is 2.81. The molecule has 2 heterocycles. The molecule has 0 atom stereocenters. The second-order valence-corrected chi connectivity index (χ2v) is 6.81. The van der Waals surface area contributed by atoms with Crippen molar-refractivity contribution in [2.24, 2.45) is 0 Å². The molecular weight excluding hydrogens is 382 g/mol. The van der Waals surface area contributed by atoms with Crippen molar-refractivity contribution >= 4 is 50.7 Å². The van der Waals surface area contributed by atoms with Gasteiger partial charge < -0.3 is 5.11 Å². The summed E-state index contributed by atoms with van der Waals surface area (Å²) < 4.78 is 1.17. The maximum atomic E-state index is 10.8. The van der Waals surface area contributed by atoms with Gasteiger partial charge in [0.25, 0.3) is 5.69 Å². The van der Waals surface area contributed by atoms with Crippen LogP contribution >= 0.6 is 39.0 Å². The Morgan fingerprint density at radius 3 is 2.95 bits per heavy atom. The van der Waals surface area contributed by atoms with Crippen molar-refractivity contribution in [1.29, 1.82) is 0 Å². The minimum atomic E-state index is -0.942. The summed E-state index contributed by atoms with van der Waals surface area (Å²) in [6.07, 6.45) is 1.07. The summed E-state index contributed by atoms with van der Waals surface area (Å²) in [4.78, 5) is 29.2. The molecule has 0 radical (unpaired) electrons. The van der Waals surface area contributed by atoms with Crippen molar-refractivity contribution in [2.75, 3.05) is 0 Å². The Kier molecular flexibility index (Phi) is 4.91. The zero-order valence-corrected chi connectivity index (χ0v) is 13.8. The predicted octanol–water partition coefficient (Wildman–Crippen LogP) is 3.30. The first kappa shape index (κ1) is 15.9. The van der Waals surface area contributed by atoms with E-state index >= 15 is 0 Å². The van der Waals surface area contributed by atoms with E-state index in [0.29, 0.717) is 25.1 Å².